The van der Waals surface area contributed by atoms with Gasteiger partial charge >= 0.3 is 0 Å². The van der Waals surface area contributed by atoms with Crippen molar-refractivity contribution < 1.29 is 0 Å². The molecule has 1 N–H and O–H groups in total. The number of aliphatic imine (C=N–C) groups is 1. The zero-order valence-electron chi connectivity index (χ0n) is 15.5. The number of piperidine rings is 1. The Morgan fingerprint density at radius 2 is 1.93 bits per heavy atom. The van der Waals surface area contributed by atoms with E-state index in [1.165, 1.54) is 29.2 Å². The number of fused-ring (bicyclic) bond motifs is 2. The highest BCUT2D eigenvalue weighted by molar-refractivity contribution is 6.10. The molecule has 5 rings (SSSR count). The summed E-state index contributed by atoms with van der Waals surface area (Å²) in [7, 11) is 0. The lowest BCUT2D eigenvalue weighted by Gasteiger charge is -2.31. The molecular formula is C22H23N5. The van der Waals surface area contributed by atoms with E-state index >= 15 is 0 Å². The first-order valence-electron chi connectivity index (χ1n) is 9.67. The van der Waals surface area contributed by atoms with Gasteiger partial charge in [-0.05, 0) is 54.5 Å². The summed E-state index contributed by atoms with van der Waals surface area (Å²) in [6.07, 6.45) is 6.22. The van der Waals surface area contributed by atoms with E-state index in [9.17, 15) is 0 Å². The van der Waals surface area contributed by atoms with Crippen LogP contribution < -0.4 is 10.2 Å². The molecule has 3 aromatic rings. The summed E-state index contributed by atoms with van der Waals surface area (Å²) in [5.41, 5.74) is 3.16. The molecule has 2 aliphatic rings. The number of amidine groups is 1. The highest BCUT2D eigenvalue weighted by Gasteiger charge is 2.20. The van der Waals surface area contributed by atoms with E-state index in [2.05, 4.69) is 57.4 Å². The molecule has 136 valence electrons. The van der Waals surface area contributed by atoms with Gasteiger partial charge in [0, 0.05) is 42.1 Å². The molecule has 0 spiro atoms. The van der Waals surface area contributed by atoms with E-state index in [0.717, 1.165) is 42.0 Å². The molecule has 0 saturated carbocycles. The Kier molecular flexibility index (Phi) is 4.00. The largest absolute Gasteiger partial charge is 0.356 e. The summed E-state index contributed by atoms with van der Waals surface area (Å²) in [4.78, 5) is 16.2. The standard InChI is InChI=1S/C22H23N5/c1-15-7-11-27(12-8-15)22-19-5-4-18(13-16(19)6-10-24-22)26-21-20-17(14-25-21)3-2-9-23-20/h2-6,9-10,13,15H,7-8,11-12,14H2,1H3,(H,25,26). The number of pyridine rings is 2. The van der Waals surface area contributed by atoms with E-state index in [0.29, 0.717) is 6.54 Å². The smallest absolute Gasteiger partial charge is 0.152 e. The van der Waals surface area contributed by atoms with E-state index in [1.54, 1.807) is 0 Å². The molecule has 4 heterocycles. The van der Waals surface area contributed by atoms with Crippen molar-refractivity contribution in [2.24, 2.45) is 10.9 Å². The summed E-state index contributed by atoms with van der Waals surface area (Å²) in [6.45, 7) is 5.21. The molecule has 5 nitrogen and oxygen atoms in total. The van der Waals surface area contributed by atoms with Crippen molar-refractivity contribution in [3.05, 3.63) is 60.0 Å². The predicted octanol–water partition coefficient (Wildman–Crippen LogP) is 4.24. The number of anilines is 2. The molecular weight excluding hydrogens is 334 g/mol. The summed E-state index contributed by atoms with van der Waals surface area (Å²) >= 11 is 0. The highest BCUT2D eigenvalue weighted by atomic mass is 15.2. The van der Waals surface area contributed by atoms with Crippen LogP contribution in [0.5, 0.6) is 0 Å². The summed E-state index contributed by atoms with van der Waals surface area (Å²) in [5, 5.41) is 5.86. The molecule has 1 aromatic carbocycles. The zero-order valence-corrected chi connectivity index (χ0v) is 15.5. The monoisotopic (exact) mass is 357 g/mol. The van der Waals surface area contributed by atoms with Gasteiger partial charge in [-0.1, -0.05) is 13.0 Å². The lowest BCUT2D eigenvalue weighted by Crippen LogP contribution is -2.33. The maximum absolute atomic E-state index is 4.69. The molecule has 27 heavy (non-hydrogen) atoms. The van der Waals surface area contributed by atoms with Crippen molar-refractivity contribution in [3.63, 3.8) is 0 Å². The number of nitrogens with zero attached hydrogens (tertiary/aromatic N) is 4. The first kappa shape index (κ1) is 16.2. The number of hydrogen-bond acceptors (Lipinski definition) is 5. The first-order chi connectivity index (χ1) is 13.3. The fourth-order valence-electron chi connectivity index (χ4n) is 3.97. The van der Waals surface area contributed by atoms with Crippen LogP contribution in [0.25, 0.3) is 10.8 Å². The normalized spacial score (nSPS) is 17.1. The average molecular weight is 357 g/mol. The number of nitrogens with one attached hydrogen (secondary N) is 1. The third-order valence-electron chi connectivity index (χ3n) is 5.61. The SMILES string of the molecule is CC1CCN(c2nccc3cc(NC4=NCc5cccnc54)ccc23)CC1. The van der Waals surface area contributed by atoms with Crippen LogP contribution in [0, 0.1) is 5.92 Å². The van der Waals surface area contributed by atoms with Crippen LogP contribution in [0.4, 0.5) is 11.5 Å². The quantitative estimate of drug-likeness (QED) is 0.745. The molecule has 0 bridgehead atoms. The Hall–Kier alpha value is -2.95. The van der Waals surface area contributed by atoms with Gasteiger partial charge in [-0.25, -0.2) is 4.98 Å². The van der Waals surface area contributed by atoms with Crippen LogP contribution in [0.15, 0.2) is 53.8 Å². The molecule has 2 aromatic heterocycles. The Morgan fingerprint density at radius 3 is 2.81 bits per heavy atom. The molecule has 0 unspecified atom stereocenters. The maximum Gasteiger partial charge on any atom is 0.152 e. The van der Waals surface area contributed by atoms with Crippen LogP contribution in [0.1, 0.15) is 31.0 Å². The van der Waals surface area contributed by atoms with Gasteiger partial charge in [0.25, 0.3) is 0 Å². The van der Waals surface area contributed by atoms with Gasteiger partial charge in [-0.3, -0.25) is 9.98 Å². The Morgan fingerprint density at radius 1 is 1.04 bits per heavy atom. The summed E-state index contributed by atoms with van der Waals surface area (Å²) in [5.74, 6) is 2.77. The number of benzene rings is 1. The topological polar surface area (TPSA) is 53.4 Å². The van der Waals surface area contributed by atoms with Gasteiger partial charge in [0.15, 0.2) is 5.84 Å². The van der Waals surface area contributed by atoms with Crippen molar-refractivity contribution in [3.8, 4) is 0 Å². The predicted molar refractivity (Wildman–Crippen MR) is 110 cm³/mol. The van der Waals surface area contributed by atoms with Gasteiger partial charge in [-0.2, -0.15) is 0 Å². The number of hydrogen-bond donors (Lipinski definition) is 1. The van der Waals surface area contributed by atoms with Crippen molar-refractivity contribution >= 4 is 28.1 Å². The lowest BCUT2D eigenvalue weighted by molar-refractivity contribution is 0.437. The second-order valence-electron chi connectivity index (χ2n) is 7.54. The van der Waals surface area contributed by atoms with Crippen LogP contribution in [-0.2, 0) is 6.54 Å². The van der Waals surface area contributed by atoms with Gasteiger partial charge in [0.1, 0.15) is 11.5 Å². The second-order valence-corrected chi connectivity index (χ2v) is 7.54. The Balaban J connectivity index is 1.43. The molecule has 0 aliphatic carbocycles. The average Bonchev–Trinajstić information content (AvgIpc) is 3.11. The van der Waals surface area contributed by atoms with Gasteiger partial charge in [0.05, 0.1) is 6.54 Å². The first-order valence-corrected chi connectivity index (χ1v) is 9.67. The number of aromatic nitrogens is 2. The van der Waals surface area contributed by atoms with Crippen LogP contribution in [0.2, 0.25) is 0 Å². The molecule has 1 saturated heterocycles. The molecule has 5 heteroatoms. The van der Waals surface area contributed by atoms with E-state index < -0.39 is 0 Å². The van der Waals surface area contributed by atoms with Crippen LogP contribution >= 0.6 is 0 Å². The highest BCUT2D eigenvalue weighted by Crippen LogP contribution is 2.30. The van der Waals surface area contributed by atoms with Crippen molar-refractivity contribution in [2.75, 3.05) is 23.3 Å². The van der Waals surface area contributed by atoms with Crippen LogP contribution in [0.3, 0.4) is 0 Å². The molecule has 1 fully saturated rings. The third kappa shape index (κ3) is 3.03. The van der Waals surface area contributed by atoms with E-state index in [1.807, 2.05) is 18.5 Å². The maximum atomic E-state index is 4.69. The van der Waals surface area contributed by atoms with Gasteiger partial charge < -0.3 is 10.2 Å². The molecule has 0 radical (unpaired) electrons. The minimum Gasteiger partial charge on any atom is -0.356 e. The van der Waals surface area contributed by atoms with E-state index in [4.69, 9.17) is 4.98 Å². The lowest BCUT2D eigenvalue weighted by atomic mass is 9.99. The second kappa shape index (κ2) is 6.65. The molecule has 0 amide bonds. The fraction of sp³-hybridized carbons (Fsp3) is 0.318. The van der Waals surface area contributed by atoms with Gasteiger partial charge in [0.2, 0.25) is 0 Å². The third-order valence-corrected chi connectivity index (χ3v) is 5.61. The minimum absolute atomic E-state index is 0.695. The molecule has 0 atom stereocenters. The van der Waals surface area contributed by atoms with Crippen molar-refractivity contribution in [1.82, 2.24) is 9.97 Å². The van der Waals surface area contributed by atoms with Crippen LogP contribution in [-0.4, -0.2) is 28.9 Å². The number of rotatable bonds is 2. The molecule has 2 aliphatic heterocycles. The summed E-state index contributed by atoms with van der Waals surface area (Å²) < 4.78 is 0. The summed E-state index contributed by atoms with van der Waals surface area (Å²) in [6, 6.07) is 12.6. The fourth-order valence-corrected chi connectivity index (χ4v) is 3.97. The minimum atomic E-state index is 0.695. The van der Waals surface area contributed by atoms with E-state index in [-0.39, 0.29) is 0 Å². The van der Waals surface area contributed by atoms with Crippen molar-refractivity contribution in [1.29, 1.82) is 0 Å². The Bertz CT molecular complexity index is 1020. The van der Waals surface area contributed by atoms with Crippen molar-refractivity contribution in [2.45, 2.75) is 26.3 Å². The van der Waals surface area contributed by atoms with Gasteiger partial charge in [-0.15, -0.1) is 0 Å². The zero-order chi connectivity index (χ0) is 18.2. The Labute approximate surface area is 159 Å².